The minimum atomic E-state index is -0.994. The molecule has 5 heteroatoms. The van der Waals surface area contributed by atoms with E-state index < -0.39 is 10.7 Å². The molecule has 1 aromatic heterocycles. The molecular weight excluding hydrogens is 228 g/mol. The molecule has 0 atom stereocenters. The molecule has 0 radical (unpaired) electrons. The number of halogens is 1. The van der Waals surface area contributed by atoms with Crippen molar-refractivity contribution in [3.63, 3.8) is 0 Å². The lowest BCUT2D eigenvalue weighted by Crippen LogP contribution is -2.28. The quantitative estimate of drug-likeness (QED) is 0.646. The number of carbonyl (C=O) groups excluding carboxylic acids is 2. The van der Waals surface area contributed by atoms with Crippen molar-refractivity contribution in [1.29, 1.82) is 0 Å². The van der Waals surface area contributed by atoms with Gasteiger partial charge in [-0.05, 0) is 43.5 Å². The van der Waals surface area contributed by atoms with E-state index in [1.165, 1.54) is 0 Å². The Morgan fingerprint density at radius 1 is 1.44 bits per heavy atom. The van der Waals surface area contributed by atoms with Gasteiger partial charge in [0.05, 0.1) is 11.9 Å². The Morgan fingerprint density at radius 2 is 2.12 bits per heavy atom. The summed E-state index contributed by atoms with van der Waals surface area (Å²) in [5.41, 5.74) is 0.458. The Hall–Kier alpha value is -1.42. The topological polar surface area (TPSA) is 59.1 Å². The van der Waals surface area contributed by atoms with Crippen molar-refractivity contribution < 1.29 is 9.59 Å². The fraction of sp³-hybridized carbons (Fsp3) is 0.364. The maximum Gasteiger partial charge on any atom is 0.239 e. The van der Waals surface area contributed by atoms with Gasteiger partial charge < -0.3 is 5.32 Å². The number of hydrogen-bond acceptors (Lipinski definition) is 3. The summed E-state index contributed by atoms with van der Waals surface area (Å²) in [5, 5.41) is 2.07. The van der Waals surface area contributed by atoms with Crippen LogP contribution in [-0.2, 0) is 9.59 Å². The summed E-state index contributed by atoms with van der Waals surface area (Å²) in [4.78, 5) is 26.9. The van der Waals surface area contributed by atoms with E-state index >= 15 is 0 Å². The number of anilines is 1. The van der Waals surface area contributed by atoms with Gasteiger partial charge in [0, 0.05) is 5.69 Å². The average molecular weight is 239 g/mol. The van der Waals surface area contributed by atoms with Gasteiger partial charge in [0.25, 0.3) is 0 Å². The Balaban J connectivity index is 2.08. The van der Waals surface area contributed by atoms with Crippen LogP contribution in [0.2, 0.25) is 0 Å². The third-order valence-corrected chi connectivity index (χ3v) is 3.09. The van der Waals surface area contributed by atoms with E-state index in [9.17, 15) is 9.59 Å². The van der Waals surface area contributed by atoms with Crippen molar-refractivity contribution in [2.75, 3.05) is 5.32 Å². The van der Waals surface area contributed by atoms with Gasteiger partial charge in [-0.3, -0.25) is 14.6 Å². The minimum absolute atomic E-state index is 0.335. The maximum atomic E-state index is 11.8. The van der Waals surface area contributed by atoms with E-state index in [0.717, 1.165) is 5.69 Å². The van der Waals surface area contributed by atoms with Crippen molar-refractivity contribution in [2.24, 2.45) is 5.41 Å². The van der Waals surface area contributed by atoms with Crippen LogP contribution in [0.4, 0.5) is 5.69 Å². The molecule has 84 valence electrons. The van der Waals surface area contributed by atoms with E-state index in [1.54, 1.807) is 18.3 Å². The Labute approximate surface area is 98.0 Å². The third-order valence-electron chi connectivity index (χ3n) is 2.73. The van der Waals surface area contributed by atoms with Crippen molar-refractivity contribution in [3.8, 4) is 0 Å². The molecule has 0 spiro atoms. The van der Waals surface area contributed by atoms with E-state index in [2.05, 4.69) is 10.3 Å². The van der Waals surface area contributed by atoms with Crippen molar-refractivity contribution in [1.82, 2.24) is 4.98 Å². The molecule has 0 saturated heterocycles. The number of pyridine rings is 1. The summed E-state index contributed by atoms with van der Waals surface area (Å²) in [5.74, 6) is -0.335. The molecule has 1 aromatic rings. The summed E-state index contributed by atoms with van der Waals surface area (Å²) in [7, 11) is 0. The second kappa shape index (κ2) is 3.87. The molecule has 1 fully saturated rings. The molecule has 4 nitrogen and oxygen atoms in total. The van der Waals surface area contributed by atoms with E-state index in [1.807, 2.05) is 6.92 Å². The van der Waals surface area contributed by atoms with Gasteiger partial charge in [0.15, 0.2) is 0 Å². The largest absolute Gasteiger partial charge is 0.324 e. The highest BCUT2D eigenvalue weighted by molar-refractivity contribution is 6.67. The number of amides is 1. The zero-order valence-electron chi connectivity index (χ0n) is 8.79. The number of aromatic nitrogens is 1. The van der Waals surface area contributed by atoms with Crippen molar-refractivity contribution in [3.05, 3.63) is 24.0 Å². The van der Waals surface area contributed by atoms with Gasteiger partial charge in [-0.25, -0.2) is 0 Å². The Bertz CT molecular complexity index is 438. The summed E-state index contributed by atoms with van der Waals surface area (Å²) in [6, 6.07) is 3.53. The van der Waals surface area contributed by atoms with Gasteiger partial charge in [-0.1, -0.05) is 0 Å². The zero-order chi connectivity index (χ0) is 11.8. The predicted octanol–water partition coefficient (Wildman–Crippen LogP) is 1.87. The molecule has 2 rings (SSSR count). The Morgan fingerprint density at radius 3 is 2.56 bits per heavy atom. The maximum absolute atomic E-state index is 11.8. The number of nitrogens with one attached hydrogen (secondary N) is 1. The first kappa shape index (κ1) is 11.1. The van der Waals surface area contributed by atoms with E-state index in [4.69, 9.17) is 11.6 Å². The van der Waals surface area contributed by atoms with Crippen molar-refractivity contribution in [2.45, 2.75) is 19.8 Å². The number of hydrogen-bond donors (Lipinski definition) is 1. The minimum Gasteiger partial charge on any atom is -0.324 e. The number of nitrogens with zero attached hydrogens (tertiary/aromatic N) is 1. The molecule has 0 aliphatic heterocycles. The normalized spacial score (nSPS) is 16.6. The first-order valence-corrected chi connectivity index (χ1v) is 5.36. The molecular formula is C11H11ClN2O2. The molecule has 1 amide bonds. The molecule has 0 aromatic carbocycles. The van der Waals surface area contributed by atoms with Crippen LogP contribution in [0.25, 0.3) is 0 Å². The summed E-state index contributed by atoms with van der Waals surface area (Å²) in [6.45, 7) is 1.86. The van der Waals surface area contributed by atoms with E-state index in [-0.39, 0.29) is 5.91 Å². The molecule has 1 aliphatic carbocycles. The number of aryl methyl sites for hydroxylation is 1. The van der Waals surface area contributed by atoms with Gasteiger partial charge in [0.1, 0.15) is 5.41 Å². The SMILES string of the molecule is Cc1ccc(NC(=O)C2(C(=O)Cl)CC2)cn1. The second-order valence-electron chi connectivity index (χ2n) is 4.00. The molecule has 0 bridgehead atoms. The molecule has 1 heterocycles. The van der Waals surface area contributed by atoms with Crippen LogP contribution in [0.3, 0.4) is 0 Å². The van der Waals surface area contributed by atoms with Crippen LogP contribution in [0.15, 0.2) is 18.3 Å². The van der Waals surface area contributed by atoms with Gasteiger partial charge in [0.2, 0.25) is 11.1 Å². The summed E-state index contributed by atoms with van der Waals surface area (Å²) in [6.07, 6.45) is 2.61. The highest BCUT2D eigenvalue weighted by Crippen LogP contribution is 2.48. The average Bonchev–Trinajstić information content (AvgIpc) is 3.02. The standard InChI is InChI=1S/C11H11ClN2O2/c1-7-2-3-8(6-13-7)14-10(16)11(4-5-11)9(12)15/h2-3,6H,4-5H2,1H3,(H,14,16). The lowest BCUT2D eigenvalue weighted by molar-refractivity contribution is -0.128. The summed E-state index contributed by atoms with van der Waals surface area (Å²) >= 11 is 5.40. The van der Waals surface area contributed by atoms with Crippen LogP contribution in [0.1, 0.15) is 18.5 Å². The second-order valence-corrected chi connectivity index (χ2v) is 4.34. The first-order valence-electron chi connectivity index (χ1n) is 4.99. The van der Waals surface area contributed by atoms with Crippen LogP contribution in [0.5, 0.6) is 0 Å². The highest BCUT2D eigenvalue weighted by atomic mass is 35.5. The molecule has 16 heavy (non-hydrogen) atoms. The molecule has 0 unspecified atom stereocenters. The lowest BCUT2D eigenvalue weighted by atomic mass is 10.1. The van der Waals surface area contributed by atoms with Gasteiger partial charge in [-0.15, -0.1) is 0 Å². The van der Waals surface area contributed by atoms with Crippen LogP contribution < -0.4 is 5.32 Å². The molecule has 1 aliphatic rings. The number of rotatable bonds is 3. The van der Waals surface area contributed by atoms with Crippen LogP contribution >= 0.6 is 11.6 Å². The monoisotopic (exact) mass is 238 g/mol. The Kier molecular flexibility index (Phi) is 2.68. The smallest absolute Gasteiger partial charge is 0.239 e. The molecule has 1 saturated carbocycles. The van der Waals surface area contributed by atoms with Crippen LogP contribution in [0, 0.1) is 12.3 Å². The van der Waals surface area contributed by atoms with Crippen molar-refractivity contribution >= 4 is 28.4 Å². The zero-order valence-corrected chi connectivity index (χ0v) is 9.54. The van der Waals surface area contributed by atoms with E-state index in [0.29, 0.717) is 18.5 Å². The van der Waals surface area contributed by atoms with Gasteiger partial charge >= 0.3 is 0 Å². The fourth-order valence-corrected chi connectivity index (χ4v) is 1.71. The first-order chi connectivity index (χ1) is 7.54. The number of carbonyl (C=O) groups is 2. The molecule has 1 N–H and O–H groups in total. The lowest BCUT2D eigenvalue weighted by Gasteiger charge is -2.10. The predicted molar refractivity (Wildman–Crippen MR) is 60.1 cm³/mol. The fourth-order valence-electron chi connectivity index (χ4n) is 1.43. The van der Waals surface area contributed by atoms with Gasteiger partial charge in [-0.2, -0.15) is 0 Å². The summed E-state index contributed by atoms with van der Waals surface area (Å²) < 4.78 is 0. The third kappa shape index (κ3) is 1.93. The van der Waals surface area contributed by atoms with Crippen LogP contribution in [-0.4, -0.2) is 16.1 Å². The highest BCUT2D eigenvalue weighted by Gasteiger charge is 2.55.